The maximum absolute atomic E-state index is 11.1. The molecule has 0 aliphatic carbocycles. The smallest absolute Gasteiger partial charge is 0.308 e. The second-order valence-electron chi connectivity index (χ2n) is 3.43. The molecule has 0 heterocycles. The first kappa shape index (κ1) is 12.7. The number of ether oxygens (including phenoxy) is 1. The number of aliphatic hydroxyl groups is 2. The Kier molecular flexibility index (Phi) is 4.95. The molecule has 16 heavy (non-hydrogen) atoms. The molecule has 0 amide bonds. The first-order chi connectivity index (χ1) is 7.65. The quantitative estimate of drug-likeness (QED) is 0.733. The maximum Gasteiger partial charge on any atom is 0.308 e. The van der Waals surface area contributed by atoms with Gasteiger partial charge in [0.05, 0.1) is 19.1 Å². The first-order valence-electron chi connectivity index (χ1n) is 5.21. The molecule has 4 heteroatoms. The summed E-state index contributed by atoms with van der Waals surface area (Å²) in [5.41, 5.74) is 0.583. The Morgan fingerprint density at radius 2 is 1.94 bits per heavy atom. The molecule has 2 N–H and O–H groups in total. The van der Waals surface area contributed by atoms with Gasteiger partial charge in [-0.1, -0.05) is 30.3 Å². The molecule has 4 nitrogen and oxygen atoms in total. The van der Waals surface area contributed by atoms with E-state index in [1.54, 1.807) is 31.2 Å². The molecule has 0 aliphatic heterocycles. The summed E-state index contributed by atoms with van der Waals surface area (Å²) in [5.74, 6) is -0.509. The lowest BCUT2D eigenvalue weighted by molar-refractivity contribution is -0.147. The van der Waals surface area contributed by atoms with E-state index >= 15 is 0 Å². The first-order valence-corrected chi connectivity index (χ1v) is 5.21. The van der Waals surface area contributed by atoms with Crippen LogP contribution in [0.3, 0.4) is 0 Å². The van der Waals surface area contributed by atoms with Crippen molar-refractivity contribution in [2.75, 3.05) is 6.61 Å². The summed E-state index contributed by atoms with van der Waals surface area (Å²) in [7, 11) is 0. The van der Waals surface area contributed by atoms with E-state index in [-0.39, 0.29) is 13.0 Å². The molecule has 2 atom stereocenters. The van der Waals surface area contributed by atoms with Crippen molar-refractivity contribution in [3.8, 4) is 0 Å². The highest BCUT2D eigenvalue weighted by atomic mass is 16.5. The number of hydrogen-bond acceptors (Lipinski definition) is 4. The molecule has 1 aromatic carbocycles. The van der Waals surface area contributed by atoms with E-state index in [4.69, 9.17) is 0 Å². The number of carbonyl (C=O) groups excluding carboxylic acids is 1. The maximum atomic E-state index is 11.1. The molecule has 0 aromatic heterocycles. The lowest BCUT2D eigenvalue weighted by Gasteiger charge is -2.17. The van der Waals surface area contributed by atoms with E-state index in [1.807, 2.05) is 6.07 Å². The highest BCUT2D eigenvalue weighted by molar-refractivity contribution is 5.70. The SMILES string of the molecule is CCOC(=O)CC(O)C(O)c1ccccc1. The van der Waals surface area contributed by atoms with Crippen molar-refractivity contribution in [1.29, 1.82) is 0 Å². The largest absolute Gasteiger partial charge is 0.466 e. The molecule has 0 saturated carbocycles. The van der Waals surface area contributed by atoms with E-state index in [9.17, 15) is 15.0 Å². The number of benzene rings is 1. The molecular formula is C12H16O4. The topological polar surface area (TPSA) is 66.8 Å². The Morgan fingerprint density at radius 1 is 1.31 bits per heavy atom. The van der Waals surface area contributed by atoms with Crippen LogP contribution in [0, 0.1) is 0 Å². The average Bonchev–Trinajstić information content (AvgIpc) is 2.29. The van der Waals surface area contributed by atoms with Gasteiger partial charge in [0.15, 0.2) is 0 Å². The van der Waals surface area contributed by atoms with E-state index < -0.39 is 18.2 Å². The summed E-state index contributed by atoms with van der Waals surface area (Å²) in [6.45, 7) is 1.96. The summed E-state index contributed by atoms with van der Waals surface area (Å²) in [6.07, 6.45) is -2.41. The zero-order valence-electron chi connectivity index (χ0n) is 9.17. The van der Waals surface area contributed by atoms with Crippen molar-refractivity contribution in [2.24, 2.45) is 0 Å². The Balaban J connectivity index is 2.54. The molecule has 1 aromatic rings. The summed E-state index contributed by atoms with van der Waals surface area (Å²) in [4.78, 5) is 11.1. The summed E-state index contributed by atoms with van der Waals surface area (Å²) < 4.78 is 4.69. The Labute approximate surface area is 94.5 Å². The van der Waals surface area contributed by atoms with Crippen LogP contribution in [0.5, 0.6) is 0 Å². The van der Waals surface area contributed by atoms with Crippen LogP contribution in [0.4, 0.5) is 0 Å². The van der Waals surface area contributed by atoms with Crippen molar-refractivity contribution in [3.63, 3.8) is 0 Å². The number of hydrogen-bond donors (Lipinski definition) is 2. The van der Waals surface area contributed by atoms with E-state index in [1.165, 1.54) is 0 Å². The number of rotatable bonds is 5. The lowest BCUT2D eigenvalue weighted by Crippen LogP contribution is -2.23. The van der Waals surface area contributed by atoms with Crippen molar-refractivity contribution >= 4 is 5.97 Å². The third kappa shape index (κ3) is 3.64. The van der Waals surface area contributed by atoms with Crippen molar-refractivity contribution in [1.82, 2.24) is 0 Å². The van der Waals surface area contributed by atoms with Crippen LogP contribution in [-0.4, -0.2) is 28.9 Å². The van der Waals surface area contributed by atoms with Gasteiger partial charge < -0.3 is 14.9 Å². The predicted molar refractivity (Wildman–Crippen MR) is 58.7 cm³/mol. The molecule has 0 fully saturated rings. The standard InChI is InChI=1S/C12H16O4/c1-2-16-11(14)8-10(13)12(15)9-6-4-3-5-7-9/h3-7,10,12-13,15H,2,8H2,1H3. The van der Waals surface area contributed by atoms with Gasteiger partial charge in [0, 0.05) is 0 Å². The predicted octanol–water partition coefficient (Wildman–Crippen LogP) is 1.03. The molecule has 1 rings (SSSR count). The van der Waals surface area contributed by atoms with Gasteiger partial charge >= 0.3 is 5.97 Å². The van der Waals surface area contributed by atoms with Crippen LogP contribution in [0.15, 0.2) is 30.3 Å². The van der Waals surface area contributed by atoms with Gasteiger partial charge in [-0.15, -0.1) is 0 Å². The van der Waals surface area contributed by atoms with Gasteiger partial charge in [0.2, 0.25) is 0 Å². The van der Waals surface area contributed by atoms with Crippen LogP contribution < -0.4 is 0 Å². The molecule has 2 unspecified atom stereocenters. The number of carbonyl (C=O) groups is 1. The highest BCUT2D eigenvalue weighted by Crippen LogP contribution is 2.18. The molecule has 88 valence electrons. The van der Waals surface area contributed by atoms with E-state index in [2.05, 4.69) is 4.74 Å². The average molecular weight is 224 g/mol. The monoisotopic (exact) mass is 224 g/mol. The van der Waals surface area contributed by atoms with Crippen LogP contribution in [0.25, 0.3) is 0 Å². The van der Waals surface area contributed by atoms with Gasteiger partial charge in [-0.05, 0) is 12.5 Å². The Bertz CT molecular complexity index is 323. The number of esters is 1. The second-order valence-corrected chi connectivity index (χ2v) is 3.43. The van der Waals surface area contributed by atoms with Crippen molar-refractivity contribution in [3.05, 3.63) is 35.9 Å². The van der Waals surface area contributed by atoms with Gasteiger partial charge in [-0.25, -0.2) is 0 Å². The van der Waals surface area contributed by atoms with Crippen LogP contribution in [0.2, 0.25) is 0 Å². The van der Waals surface area contributed by atoms with E-state index in [0.717, 1.165) is 0 Å². The summed E-state index contributed by atoms with van der Waals surface area (Å²) >= 11 is 0. The molecule has 0 spiro atoms. The fraction of sp³-hybridized carbons (Fsp3) is 0.417. The zero-order chi connectivity index (χ0) is 12.0. The van der Waals surface area contributed by atoms with Gasteiger partial charge in [-0.2, -0.15) is 0 Å². The normalized spacial score (nSPS) is 14.2. The minimum atomic E-state index is -1.14. The fourth-order valence-electron chi connectivity index (χ4n) is 1.37. The second kappa shape index (κ2) is 6.25. The third-order valence-corrected chi connectivity index (χ3v) is 2.19. The molecule has 0 saturated heterocycles. The van der Waals surface area contributed by atoms with Gasteiger partial charge in [-0.3, -0.25) is 4.79 Å². The fourth-order valence-corrected chi connectivity index (χ4v) is 1.37. The van der Waals surface area contributed by atoms with Crippen LogP contribution >= 0.6 is 0 Å². The van der Waals surface area contributed by atoms with Crippen molar-refractivity contribution in [2.45, 2.75) is 25.6 Å². The minimum absolute atomic E-state index is 0.204. The van der Waals surface area contributed by atoms with Crippen molar-refractivity contribution < 1.29 is 19.7 Å². The third-order valence-electron chi connectivity index (χ3n) is 2.19. The Morgan fingerprint density at radius 3 is 2.50 bits per heavy atom. The van der Waals surface area contributed by atoms with Crippen LogP contribution in [0.1, 0.15) is 25.0 Å². The van der Waals surface area contributed by atoms with E-state index in [0.29, 0.717) is 5.56 Å². The Hall–Kier alpha value is -1.39. The molecular weight excluding hydrogens is 208 g/mol. The highest BCUT2D eigenvalue weighted by Gasteiger charge is 2.21. The molecule has 0 aliphatic rings. The van der Waals surface area contributed by atoms with Gasteiger partial charge in [0.25, 0.3) is 0 Å². The summed E-state index contributed by atoms with van der Waals surface area (Å²) in [6, 6.07) is 8.72. The number of aliphatic hydroxyl groups excluding tert-OH is 2. The van der Waals surface area contributed by atoms with Crippen LogP contribution in [-0.2, 0) is 9.53 Å². The van der Waals surface area contributed by atoms with Gasteiger partial charge in [0.1, 0.15) is 6.10 Å². The zero-order valence-corrected chi connectivity index (χ0v) is 9.17. The lowest BCUT2D eigenvalue weighted by atomic mass is 10.0. The molecule has 0 bridgehead atoms. The minimum Gasteiger partial charge on any atom is -0.466 e. The molecule has 0 radical (unpaired) electrons. The summed E-state index contributed by atoms with van der Waals surface area (Å²) in [5, 5.41) is 19.4.